The third kappa shape index (κ3) is 1.85. The van der Waals surface area contributed by atoms with E-state index in [0.717, 1.165) is 6.92 Å². The number of aryl methyl sites for hydroxylation is 1. The normalized spacial score (nSPS) is 13.4. The third-order valence-electron chi connectivity index (χ3n) is 1.67. The van der Waals surface area contributed by atoms with Gasteiger partial charge in [-0.25, -0.2) is 0 Å². The molecule has 0 amide bonds. The molecule has 0 aliphatic rings. The molecule has 0 saturated carbocycles. The Bertz CT molecular complexity index is 331. The summed E-state index contributed by atoms with van der Waals surface area (Å²) in [6.07, 6.45) is -9.66. The summed E-state index contributed by atoms with van der Waals surface area (Å²) in [6, 6.07) is 0. The minimum absolute atomic E-state index is 0.318. The summed E-state index contributed by atoms with van der Waals surface area (Å²) in [5.74, 6) is 0. The number of hydrogen-bond acceptors (Lipinski definition) is 0. The Hall–Kier alpha value is -1.14. The van der Waals surface area contributed by atoms with Gasteiger partial charge in [-0.3, -0.25) is 0 Å². The van der Waals surface area contributed by atoms with Gasteiger partial charge in [0.05, 0.1) is 11.1 Å². The second-order valence-corrected chi connectivity index (χ2v) is 2.70. The van der Waals surface area contributed by atoms with Crippen molar-refractivity contribution in [3.63, 3.8) is 0 Å². The van der Waals surface area contributed by atoms with E-state index in [0.29, 0.717) is 6.20 Å². The van der Waals surface area contributed by atoms with E-state index in [9.17, 15) is 26.3 Å². The van der Waals surface area contributed by atoms with Crippen molar-refractivity contribution in [2.75, 3.05) is 0 Å². The minimum Gasteiger partial charge on any atom is -0.364 e. The van der Waals surface area contributed by atoms with Crippen LogP contribution in [0, 0.1) is 6.92 Å². The van der Waals surface area contributed by atoms with E-state index in [1.165, 1.54) is 0 Å². The van der Waals surface area contributed by atoms with E-state index >= 15 is 0 Å². The minimum atomic E-state index is -4.99. The van der Waals surface area contributed by atoms with Crippen LogP contribution in [0.25, 0.3) is 0 Å². The van der Waals surface area contributed by atoms with Crippen LogP contribution >= 0.6 is 0 Å². The lowest BCUT2D eigenvalue weighted by atomic mass is 10.1. The number of alkyl halides is 6. The highest BCUT2D eigenvalue weighted by Crippen LogP contribution is 2.41. The van der Waals surface area contributed by atoms with Crippen molar-refractivity contribution in [2.45, 2.75) is 19.3 Å². The maximum Gasteiger partial charge on any atom is 0.418 e. The Morgan fingerprint density at radius 2 is 1.50 bits per heavy atom. The Labute approximate surface area is 74.7 Å². The lowest BCUT2D eigenvalue weighted by molar-refractivity contribution is -0.161. The van der Waals surface area contributed by atoms with Gasteiger partial charge in [0.25, 0.3) is 0 Å². The Morgan fingerprint density at radius 3 is 1.79 bits per heavy atom. The van der Waals surface area contributed by atoms with Crippen LogP contribution in [0.2, 0.25) is 0 Å². The van der Waals surface area contributed by atoms with E-state index in [1.807, 2.05) is 4.98 Å². The maximum absolute atomic E-state index is 12.2. The summed E-state index contributed by atoms with van der Waals surface area (Å²) in [4.78, 5) is 1.91. The molecule has 1 aromatic heterocycles. The van der Waals surface area contributed by atoms with Crippen LogP contribution in [0.1, 0.15) is 16.8 Å². The summed E-state index contributed by atoms with van der Waals surface area (Å²) in [5, 5.41) is 0. The van der Waals surface area contributed by atoms with Crippen LogP contribution in [0.4, 0.5) is 26.3 Å². The molecular formula is C7H5F6N. The maximum atomic E-state index is 12.2. The molecule has 0 saturated heterocycles. The van der Waals surface area contributed by atoms with E-state index in [4.69, 9.17) is 0 Å². The van der Waals surface area contributed by atoms with Crippen molar-refractivity contribution in [3.05, 3.63) is 23.0 Å². The van der Waals surface area contributed by atoms with Crippen molar-refractivity contribution in [1.29, 1.82) is 0 Å². The highest BCUT2D eigenvalue weighted by Gasteiger charge is 2.45. The number of halogens is 6. The molecule has 80 valence electrons. The van der Waals surface area contributed by atoms with Gasteiger partial charge in [-0.05, 0) is 6.92 Å². The highest BCUT2D eigenvalue weighted by molar-refractivity contribution is 5.34. The average molecular weight is 217 g/mol. The molecule has 14 heavy (non-hydrogen) atoms. The van der Waals surface area contributed by atoms with Gasteiger partial charge < -0.3 is 4.98 Å². The third-order valence-corrected chi connectivity index (χ3v) is 1.67. The van der Waals surface area contributed by atoms with Crippen LogP contribution in [0.5, 0.6) is 0 Å². The smallest absolute Gasteiger partial charge is 0.364 e. The first kappa shape index (κ1) is 10.9. The highest BCUT2D eigenvalue weighted by atomic mass is 19.4. The monoisotopic (exact) mass is 217 g/mol. The van der Waals surface area contributed by atoms with Gasteiger partial charge in [0.1, 0.15) is 0 Å². The number of hydrogen-bond donors (Lipinski definition) is 1. The predicted molar refractivity (Wildman–Crippen MR) is 35.5 cm³/mol. The molecule has 7 heteroatoms. The van der Waals surface area contributed by atoms with Crippen molar-refractivity contribution in [1.82, 2.24) is 4.98 Å². The van der Waals surface area contributed by atoms with Crippen LogP contribution in [-0.2, 0) is 12.4 Å². The Balaban J connectivity index is 3.35. The fraction of sp³-hybridized carbons (Fsp3) is 0.429. The quantitative estimate of drug-likeness (QED) is 0.641. The number of aromatic nitrogens is 1. The first-order chi connectivity index (χ1) is 6.14. The Morgan fingerprint density at radius 1 is 1.00 bits per heavy atom. The fourth-order valence-corrected chi connectivity index (χ4v) is 1.12. The summed E-state index contributed by atoms with van der Waals surface area (Å²) >= 11 is 0. The molecule has 1 rings (SSSR count). The summed E-state index contributed by atoms with van der Waals surface area (Å²) in [5.41, 5.74) is -3.86. The molecule has 0 aliphatic carbocycles. The average Bonchev–Trinajstić information content (AvgIpc) is 2.27. The SMILES string of the molecule is Cc1[nH]cc(C(F)(F)F)c1C(F)(F)F. The summed E-state index contributed by atoms with van der Waals surface area (Å²) in [6.45, 7) is 0.943. The number of H-pyrrole nitrogens is 1. The van der Waals surface area contributed by atoms with Crippen LogP contribution in [-0.4, -0.2) is 4.98 Å². The van der Waals surface area contributed by atoms with Crippen molar-refractivity contribution in [2.24, 2.45) is 0 Å². The van der Waals surface area contributed by atoms with E-state index in [1.54, 1.807) is 0 Å². The van der Waals surface area contributed by atoms with Gasteiger partial charge in [0, 0.05) is 11.9 Å². The van der Waals surface area contributed by atoms with Gasteiger partial charge >= 0.3 is 12.4 Å². The summed E-state index contributed by atoms with van der Waals surface area (Å²) < 4.78 is 72.7. The van der Waals surface area contributed by atoms with Gasteiger partial charge in [-0.15, -0.1) is 0 Å². The lowest BCUT2D eigenvalue weighted by Gasteiger charge is -2.11. The molecule has 1 N–H and O–H groups in total. The number of nitrogens with one attached hydrogen (secondary N) is 1. The first-order valence-electron chi connectivity index (χ1n) is 3.46. The lowest BCUT2D eigenvalue weighted by Crippen LogP contribution is -2.15. The molecule has 1 nitrogen and oxygen atoms in total. The number of aromatic amines is 1. The predicted octanol–water partition coefficient (Wildman–Crippen LogP) is 3.36. The van der Waals surface area contributed by atoms with Crippen LogP contribution in [0.3, 0.4) is 0 Å². The molecule has 0 bridgehead atoms. The molecular weight excluding hydrogens is 212 g/mol. The van der Waals surface area contributed by atoms with Crippen molar-refractivity contribution < 1.29 is 26.3 Å². The van der Waals surface area contributed by atoms with Gasteiger partial charge in [0.15, 0.2) is 0 Å². The van der Waals surface area contributed by atoms with E-state index in [2.05, 4.69) is 0 Å². The van der Waals surface area contributed by atoms with Crippen LogP contribution in [0.15, 0.2) is 6.20 Å². The molecule has 0 atom stereocenters. The first-order valence-corrected chi connectivity index (χ1v) is 3.46. The molecule has 0 aliphatic heterocycles. The van der Waals surface area contributed by atoms with Crippen molar-refractivity contribution >= 4 is 0 Å². The zero-order chi connectivity index (χ0) is 11.1. The fourth-order valence-electron chi connectivity index (χ4n) is 1.12. The molecule has 0 unspecified atom stereocenters. The van der Waals surface area contributed by atoms with Gasteiger partial charge in [-0.2, -0.15) is 26.3 Å². The second-order valence-electron chi connectivity index (χ2n) is 2.70. The van der Waals surface area contributed by atoms with E-state index in [-0.39, 0.29) is 0 Å². The largest absolute Gasteiger partial charge is 0.418 e. The van der Waals surface area contributed by atoms with Gasteiger partial charge in [-0.1, -0.05) is 0 Å². The number of rotatable bonds is 0. The molecule has 1 aromatic rings. The Kier molecular flexibility index (Phi) is 2.29. The van der Waals surface area contributed by atoms with Crippen molar-refractivity contribution in [3.8, 4) is 0 Å². The van der Waals surface area contributed by atoms with Crippen LogP contribution < -0.4 is 0 Å². The zero-order valence-electron chi connectivity index (χ0n) is 6.85. The molecule has 0 radical (unpaired) electrons. The standard InChI is InChI=1S/C7H5F6N/c1-3-5(7(11,12)13)4(2-14-3)6(8,9)10/h2,14H,1H3. The molecule has 1 heterocycles. The summed E-state index contributed by atoms with van der Waals surface area (Å²) in [7, 11) is 0. The molecule has 0 fully saturated rings. The topological polar surface area (TPSA) is 15.8 Å². The second kappa shape index (κ2) is 2.93. The zero-order valence-corrected chi connectivity index (χ0v) is 6.85. The molecule has 0 spiro atoms. The van der Waals surface area contributed by atoms with Gasteiger partial charge in [0.2, 0.25) is 0 Å². The van der Waals surface area contributed by atoms with E-state index < -0.39 is 29.2 Å². The molecule has 0 aromatic carbocycles.